The fourth-order valence-electron chi connectivity index (χ4n) is 4.53. The summed E-state index contributed by atoms with van der Waals surface area (Å²) >= 11 is 0. The van der Waals surface area contributed by atoms with Crippen LogP contribution >= 0.6 is 0 Å². The van der Waals surface area contributed by atoms with Crippen molar-refractivity contribution >= 4 is 34.3 Å². The lowest BCUT2D eigenvalue weighted by Gasteiger charge is -2.21. The van der Waals surface area contributed by atoms with Gasteiger partial charge in [-0.15, -0.1) is 0 Å². The van der Waals surface area contributed by atoms with Crippen LogP contribution in [-0.2, 0) is 17.7 Å². The van der Waals surface area contributed by atoms with Crippen molar-refractivity contribution in [3.63, 3.8) is 0 Å². The number of nitrogens with zero attached hydrogens (tertiary/aromatic N) is 4. The highest BCUT2D eigenvalue weighted by molar-refractivity contribution is 5.98. The van der Waals surface area contributed by atoms with E-state index in [0.717, 1.165) is 33.3 Å². The molecule has 0 saturated heterocycles. The van der Waals surface area contributed by atoms with E-state index in [1.54, 1.807) is 13.3 Å². The monoisotopic (exact) mass is 490 g/mol. The molecule has 2 aromatic carbocycles. The molecular weight excluding hydrogens is 458 g/mol. The number of aromatic nitrogens is 4. The summed E-state index contributed by atoms with van der Waals surface area (Å²) in [5, 5.41) is 24.5. The lowest BCUT2D eigenvalue weighted by Crippen LogP contribution is -2.26. The number of anilines is 3. The second-order valence-electron chi connectivity index (χ2n) is 8.71. The maximum absolute atomic E-state index is 12.9. The number of aliphatic hydroxyl groups excluding tert-OH is 1. The third kappa shape index (κ3) is 4.48. The van der Waals surface area contributed by atoms with E-state index in [1.807, 2.05) is 53.3 Å². The molecule has 2 atom stereocenters. The first kappa shape index (κ1) is 20.2. The van der Waals surface area contributed by atoms with Gasteiger partial charge in [-0.1, -0.05) is 24.3 Å². The van der Waals surface area contributed by atoms with Crippen LogP contribution in [0.25, 0.3) is 10.9 Å². The van der Waals surface area contributed by atoms with Crippen molar-refractivity contribution in [1.82, 2.24) is 25.1 Å². The maximum Gasteiger partial charge on any atom is 0.256 e. The van der Waals surface area contributed by atoms with Gasteiger partial charge in [0.15, 0.2) is 0 Å². The van der Waals surface area contributed by atoms with E-state index >= 15 is 0 Å². The van der Waals surface area contributed by atoms with E-state index in [0.29, 0.717) is 19.6 Å². The summed E-state index contributed by atoms with van der Waals surface area (Å²) in [6.45, 7) is 0.355. The van der Waals surface area contributed by atoms with Gasteiger partial charge in [-0.3, -0.25) is 9.48 Å². The minimum Gasteiger partial charge on any atom is -0.390 e. The van der Waals surface area contributed by atoms with Crippen LogP contribution in [-0.4, -0.2) is 57.6 Å². The van der Waals surface area contributed by atoms with Gasteiger partial charge in [-0.25, -0.2) is 4.98 Å². The van der Waals surface area contributed by atoms with Crippen LogP contribution in [0.1, 0.15) is 37.2 Å². The zero-order valence-electron chi connectivity index (χ0n) is 22.9. The summed E-state index contributed by atoms with van der Waals surface area (Å²) < 4.78 is 29.3. The second kappa shape index (κ2) is 9.92. The Morgan fingerprint density at radius 1 is 1.31 bits per heavy atom. The fourth-order valence-corrected chi connectivity index (χ4v) is 4.53. The van der Waals surface area contributed by atoms with Gasteiger partial charge in [0.25, 0.3) is 5.91 Å². The molecule has 2 aromatic heterocycles. The number of aryl methyl sites for hydroxylation is 1. The fraction of sp³-hybridized carbons (Fsp3) is 0.308. The summed E-state index contributed by atoms with van der Waals surface area (Å²) in [5.41, 5.74) is 4.37. The van der Waals surface area contributed by atoms with Crippen molar-refractivity contribution in [1.29, 1.82) is 0 Å². The number of carbonyl (C=O) groups is 1. The number of rotatable bonds is 8. The first-order valence-electron chi connectivity index (χ1n) is 13.1. The number of fused-ring (bicyclic) bond motifs is 2. The van der Waals surface area contributed by atoms with Gasteiger partial charge in [-0.2, -0.15) is 10.1 Å². The molecule has 1 aliphatic rings. The number of methoxy groups -OCH3 is 1. The van der Waals surface area contributed by atoms with Crippen LogP contribution in [0, 0.1) is 6.92 Å². The summed E-state index contributed by atoms with van der Waals surface area (Å²) in [5.74, 6) is -0.572. The van der Waals surface area contributed by atoms with Gasteiger partial charge in [-0.05, 0) is 35.7 Å². The Bertz CT molecular complexity index is 1520. The third-order valence-electron chi connectivity index (χ3n) is 6.38. The zero-order chi connectivity index (χ0) is 27.7. The predicted octanol–water partition coefficient (Wildman–Crippen LogP) is 2.95. The Morgan fingerprint density at radius 3 is 3.00 bits per heavy atom. The Balaban J connectivity index is 1.50. The number of aliphatic hydroxyl groups is 1. The minimum absolute atomic E-state index is 0.0573. The first-order chi connectivity index (χ1) is 18.6. The van der Waals surface area contributed by atoms with Crippen molar-refractivity contribution in [2.45, 2.75) is 32.0 Å². The minimum atomic E-state index is -2.69. The molecular formula is C26H29N7O3. The van der Waals surface area contributed by atoms with E-state index in [-0.39, 0.29) is 17.3 Å². The lowest BCUT2D eigenvalue weighted by atomic mass is 10.1. The average Bonchev–Trinajstić information content (AvgIpc) is 3.41. The predicted molar refractivity (Wildman–Crippen MR) is 138 cm³/mol. The number of hydrogen-bond acceptors (Lipinski definition) is 8. The highest BCUT2D eigenvalue weighted by Crippen LogP contribution is 2.35. The van der Waals surface area contributed by atoms with E-state index < -0.39 is 25.0 Å². The molecule has 4 aromatic rings. The SMILES string of the molecule is [2H]C([2H])([2H])NC(=O)c1cnc(Nc2cc3c(cnn3CCOC)cc2C)nc1N[C@H]1c2ccccc2C[C@H]1O. The normalized spacial score (nSPS) is 18.2. The molecule has 0 radical (unpaired) electrons. The number of hydrogen-bond donors (Lipinski definition) is 4. The molecule has 0 fully saturated rings. The molecule has 0 unspecified atom stereocenters. The molecule has 10 heteroatoms. The molecule has 0 spiro atoms. The number of amides is 1. The number of benzene rings is 2. The van der Waals surface area contributed by atoms with Crippen LogP contribution in [0.15, 0.2) is 48.8 Å². The van der Waals surface area contributed by atoms with Crippen molar-refractivity contribution in [2.24, 2.45) is 0 Å². The maximum atomic E-state index is 12.9. The molecule has 1 aliphatic carbocycles. The average molecular weight is 491 g/mol. The summed E-state index contributed by atoms with van der Waals surface area (Å²) in [6, 6.07) is 11.0. The number of carbonyl (C=O) groups excluding carboxylic acids is 1. The lowest BCUT2D eigenvalue weighted by molar-refractivity contribution is 0.0962. The van der Waals surface area contributed by atoms with Crippen molar-refractivity contribution in [2.75, 3.05) is 31.3 Å². The Morgan fingerprint density at radius 2 is 2.17 bits per heavy atom. The molecule has 0 aliphatic heterocycles. The van der Waals surface area contributed by atoms with E-state index in [9.17, 15) is 9.90 Å². The Labute approximate surface area is 212 Å². The standard InChI is InChI=1S/C26H29N7O3/c1-15-10-17-13-29-33(8-9-36-3)21(17)12-20(15)30-26-28-14-19(25(35)27-2)24(32-26)31-23-18-7-5-4-6-16(18)11-22(23)34/h4-7,10,12-14,22-23,34H,8-9,11H2,1-3H3,(H,27,35)(H2,28,30,31,32)/t22-,23+/m1/s1/i2D3. The van der Waals surface area contributed by atoms with Gasteiger partial charge in [0.1, 0.15) is 11.4 Å². The van der Waals surface area contributed by atoms with Crippen LogP contribution in [0.2, 0.25) is 0 Å². The molecule has 186 valence electrons. The van der Waals surface area contributed by atoms with Crippen molar-refractivity contribution in [3.8, 4) is 0 Å². The van der Waals surface area contributed by atoms with Gasteiger partial charge in [0.2, 0.25) is 5.95 Å². The zero-order valence-corrected chi connectivity index (χ0v) is 19.9. The van der Waals surface area contributed by atoms with Crippen molar-refractivity contribution in [3.05, 3.63) is 71.0 Å². The smallest absolute Gasteiger partial charge is 0.256 e. The van der Waals surface area contributed by atoms with E-state index in [1.165, 1.54) is 6.20 Å². The number of ether oxygens (including phenoxy) is 1. The molecule has 10 nitrogen and oxygen atoms in total. The Hall–Kier alpha value is -4.02. The van der Waals surface area contributed by atoms with Crippen LogP contribution in [0.5, 0.6) is 0 Å². The molecule has 1 amide bonds. The van der Waals surface area contributed by atoms with Crippen molar-refractivity contribution < 1.29 is 18.8 Å². The largest absolute Gasteiger partial charge is 0.390 e. The van der Waals surface area contributed by atoms with Gasteiger partial charge < -0.3 is 25.8 Å². The topological polar surface area (TPSA) is 126 Å². The van der Waals surface area contributed by atoms with Gasteiger partial charge in [0, 0.05) is 41.9 Å². The summed E-state index contributed by atoms with van der Waals surface area (Å²) in [7, 11) is 1.64. The molecule has 36 heavy (non-hydrogen) atoms. The quantitative estimate of drug-likeness (QED) is 0.297. The second-order valence-corrected chi connectivity index (χ2v) is 8.71. The van der Waals surface area contributed by atoms with E-state index in [2.05, 4.69) is 25.7 Å². The van der Waals surface area contributed by atoms with E-state index in [4.69, 9.17) is 8.85 Å². The molecule has 0 bridgehead atoms. The highest BCUT2D eigenvalue weighted by Gasteiger charge is 2.32. The molecule has 2 heterocycles. The summed E-state index contributed by atoms with van der Waals surface area (Å²) in [4.78, 5) is 21.7. The summed E-state index contributed by atoms with van der Waals surface area (Å²) in [6.07, 6.45) is 2.74. The highest BCUT2D eigenvalue weighted by atomic mass is 16.5. The van der Waals surface area contributed by atoms with Gasteiger partial charge >= 0.3 is 0 Å². The first-order valence-corrected chi connectivity index (χ1v) is 11.6. The molecule has 0 saturated carbocycles. The third-order valence-corrected chi connectivity index (χ3v) is 6.38. The Kier molecular flexibility index (Phi) is 5.57. The van der Waals surface area contributed by atoms with Crippen LogP contribution in [0.3, 0.4) is 0 Å². The van der Waals surface area contributed by atoms with Crippen LogP contribution < -0.4 is 16.0 Å². The molecule has 5 rings (SSSR count). The molecule has 4 N–H and O–H groups in total. The number of nitrogens with one attached hydrogen (secondary N) is 3. The van der Waals surface area contributed by atoms with Crippen LogP contribution in [0.4, 0.5) is 17.5 Å². The van der Waals surface area contributed by atoms with Gasteiger partial charge in [0.05, 0.1) is 37.0 Å².